The number of nitrogens with zero attached hydrogens (tertiary/aromatic N) is 4. The predicted octanol–water partition coefficient (Wildman–Crippen LogP) is 6.00. The number of carbonyl (C=O) groups excluding carboxylic acids is 1. The Morgan fingerprint density at radius 1 is 0.907 bits per heavy atom. The fourth-order valence-electron chi connectivity index (χ4n) is 4.60. The van der Waals surface area contributed by atoms with Gasteiger partial charge in [0.05, 0.1) is 23.3 Å². The number of benzene rings is 4. The molecule has 2 aromatic heterocycles. The number of amides is 1. The Balaban J connectivity index is 1.42. The molecule has 6 aromatic rings. The van der Waals surface area contributed by atoms with Crippen molar-refractivity contribution in [3.63, 3.8) is 0 Å². The molecule has 6 rings (SSSR count). The molecule has 216 valence electrons. The number of fused-ring (bicyclic) bond motifs is 1. The van der Waals surface area contributed by atoms with Gasteiger partial charge in [-0.05, 0) is 66.7 Å². The van der Waals surface area contributed by atoms with Gasteiger partial charge in [0.2, 0.25) is 5.91 Å². The zero-order chi connectivity index (χ0) is 30.0. The van der Waals surface area contributed by atoms with Crippen LogP contribution >= 0.6 is 11.8 Å². The lowest BCUT2D eigenvalue weighted by atomic mass is 10.1. The fraction of sp³-hybridized carbons (Fsp3) is 0.0645. The molecule has 0 aliphatic heterocycles. The van der Waals surface area contributed by atoms with Gasteiger partial charge in [0.25, 0.3) is 10.0 Å². The molecule has 0 spiro atoms. The average molecular weight is 614 g/mol. The fourth-order valence-corrected chi connectivity index (χ4v) is 6.74. The molecule has 0 saturated carbocycles. The number of para-hydroxylation sites is 1. The largest absolute Gasteiger partial charge is 0.497 e. The van der Waals surface area contributed by atoms with Crippen LogP contribution in [-0.4, -0.2) is 45.9 Å². The summed E-state index contributed by atoms with van der Waals surface area (Å²) in [6.07, 6.45) is 1.55. The lowest BCUT2D eigenvalue weighted by Gasteiger charge is -2.11. The summed E-state index contributed by atoms with van der Waals surface area (Å²) in [7, 11) is -2.35. The second kappa shape index (κ2) is 11.7. The van der Waals surface area contributed by atoms with Gasteiger partial charge < -0.3 is 10.1 Å². The number of hydrogen-bond acceptors (Lipinski definition) is 7. The highest BCUT2D eigenvalue weighted by Gasteiger charge is 2.25. The van der Waals surface area contributed by atoms with Crippen molar-refractivity contribution >= 4 is 44.3 Å². The maximum absolute atomic E-state index is 13.7. The first kappa shape index (κ1) is 28.2. The molecule has 4 aromatic carbocycles. The Kier molecular flexibility index (Phi) is 7.70. The second-order valence-corrected chi connectivity index (χ2v) is 12.1. The van der Waals surface area contributed by atoms with Crippen LogP contribution in [0.3, 0.4) is 0 Å². The van der Waals surface area contributed by atoms with Crippen molar-refractivity contribution < 1.29 is 22.3 Å². The van der Waals surface area contributed by atoms with E-state index in [2.05, 4.69) is 15.5 Å². The molecule has 0 atom stereocenters. The molecule has 0 bridgehead atoms. The molecule has 0 aliphatic carbocycles. The van der Waals surface area contributed by atoms with E-state index in [9.17, 15) is 17.6 Å². The Labute approximate surface area is 251 Å². The molecule has 0 unspecified atom stereocenters. The Bertz CT molecular complexity index is 2030. The zero-order valence-electron chi connectivity index (χ0n) is 22.7. The number of rotatable bonds is 9. The third-order valence-corrected chi connectivity index (χ3v) is 9.26. The number of aromatic nitrogens is 4. The standard InChI is InChI=1S/C31H24FN5O4S2/c1-41-24-17-15-23(16-18-24)37-30(34-35-31(37)42-20-29(38)33-22-13-11-21(32)12-14-22)27-19-36(28-10-6-5-9-26(27)28)43(39,40)25-7-3-2-4-8-25/h2-19H,20H2,1H3,(H,33,38). The van der Waals surface area contributed by atoms with E-state index in [1.165, 1.54) is 28.2 Å². The summed E-state index contributed by atoms with van der Waals surface area (Å²) in [5.74, 6) is 0.329. The van der Waals surface area contributed by atoms with Gasteiger partial charge in [-0.3, -0.25) is 9.36 Å². The molecule has 0 saturated heterocycles. The number of methoxy groups -OCH3 is 1. The van der Waals surface area contributed by atoms with E-state index in [-0.39, 0.29) is 16.6 Å². The van der Waals surface area contributed by atoms with Crippen molar-refractivity contribution in [1.29, 1.82) is 0 Å². The summed E-state index contributed by atoms with van der Waals surface area (Å²) < 4.78 is 49.0. The quantitative estimate of drug-likeness (QED) is 0.199. The van der Waals surface area contributed by atoms with E-state index in [1.54, 1.807) is 72.5 Å². The maximum atomic E-state index is 13.7. The first-order chi connectivity index (χ1) is 20.8. The highest BCUT2D eigenvalue weighted by atomic mass is 32.2. The van der Waals surface area contributed by atoms with Crippen molar-refractivity contribution in [3.8, 4) is 22.8 Å². The minimum atomic E-state index is -3.93. The highest BCUT2D eigenvalue weighted by Crippen LogP contribution is 2.35. The van der Waals surface area contributed by atoms with Gasteiger partial charge in [0, 0.05) is 28.5 Å². The van der Waals surface area contributed by atoms with E-state index >= 15 is 0 Å². The van der Waals surface area contributed by atoms with E-state index < -0.39 is 15.8 Å². The molecule has 12 heteroatoms. The predicted molar refractivity (Wildman–Crippen MR) is 164 cm³/mol. The van der Waals surface area contributed by atoms with Crippen LogP contribution in [0.15, 0.2) is 119 Å². The number of thioether (sulfide) groups is 1. The van der Waals surface area contributed by atoms with Gasteiger partial charge in [0.1, 0.15) is 11.6 Å². The van der Waals surface area contributed by atoms with E-state index in [4.69, 9.17) is 4.74 Å². The van der Waals surface area contributed by atoms with Gasteiger partial charge in [-0.25, -0.2) is 16.8 Å². The minimum Gasteiger partial charge on any atom is -0.497 e. The van der Waals surface area contributed by atoms with E-state index in [0.717, 1.165) is 11.8 Å². The Morgan fingerprint density at radius 3 is 2.33 bits per heavy atom. The van der Waals surface area contributed by atoms with Crippen LogP contribution in [0, 0.1) is 5.82 Å². The third-order valence-electron chi connectivity index (χ3n) is 6.64. The average Bonchev–Trinajstić information content (AvgIpc) is 3.64. The van der Waals surface area contributed by atoms with Crippen LogP contribution in [0.25, 0.3) is 28.0 Å². The van der Waals surface area contributed by atoms with Crippen molar-refractivity contribution in [2.75, 3.05) is 18.2 Å². The molecule has 1 N–H and O–H groups in total. The van der Waals surface area contributed by atoms with Gasteiger partial charge in [-0.1, -0.05) is 48.2 Å². The van der Waals surface area contributed by atoms with E-state index in [0.29, 0.717) is 44.6 Å². The third kappa shape index (κ3) is 5.62. The molecule has 0 radical (unpaired) electrons. The van der Waals surface area contributed by atoms with E-state index in [1.807, 2.05) is 24.3 Å². The van der Waals surface area contributed by atoms with Gasteiger partial charge in [-0.15, -0.1) is 10.2 Å². The topological polar surface area (TPSA) is 108 Å². The number of nitrogens with one attached hydrogen (secondary N) is 1. The minimum absolute atomic E-state index is 0.00416. The first-order valence-corrected chi connectivity index (χ1v) is 15.5. The van der Waals surface area contributed by atoms with Crippen molar-refractivity contribution in [3.05, 3.63) is 115 Å². The lowest BCUT2D eigenvalue weighted by molar-refractivity contribution is -0.113. The van der Waals surface area contributed by atoms with Gasteiger partial charge >= 0.3 is 0 Å². The molecule has 43 heavy (non-hydrogen) atoms. The number of anilines is 1. The lowest BCUT2D eigenvalue weighted by Crippen LogP contribution is -2.14. The maximum Gasteiger partial charge on any atom is 0.268 e. The monoisotopic (exact) mass is 613 g/mol. The van der Waals surface area contributed by atoms with Crippen LogP contribution in [0.2, 0.25) is 0 Å². The molecule has 9 nitrogen and oxygen atoms in total. The van der Waals surface area contributed by atoms with Crippen LogP contribution < -0.4 is 10.1 Å². The van der Waals surface area contributed by atoms with Crippen molar-refractivity contribution in [1.82, 2.24) is 18.7 Å². The van der Waals surface area contributed by atoms with Gasteiger partial charge in [-0.2, -0.15) is 0 Å². The SMILES string of the molecule is COc1ccc(-n2c(SCC(=O)Nc3ccc(F)cc3)nnc2-c2cn(S(=O)(=O)c3ccccc3)c3ccccc23)cc1. The molecule has 0 fully saturated rings. The number of carbonyl (C=O) groups is 1. The van der Waals surface area contributed by atoms with Crippen molar-refractivity contribution in [2.24, 2.45) is 0 Å². The molecular formula is C31H24FN5O4S2. The van der Waals surface area contributed by atoms with Crippen LogP contribution in [-0.2, 0) is 14.8 Å². The Morgan fingerprint density at radius 2 is 1.60 bits per heavy atom. The van der Waals surface area contributed by atoms with Crippen LogP contribution in [0.1, 0.15) is 0 Å². The zero-order valence-corrected chi connectivity index (χ0v) is 24.3. The van der Waals surface area contributed by atoms with Crippen LogP contribution in [0.4, 0.5) is 10.1 Å². The first-order valence-electron chi connectivity index (χ1n) is 13.0. The molecule has 1 amide bonds. The van der Waals surface area contributed by atoms with Crippen LogP contribution in [0.5, 0.6) is 5.75 Å². The Hall–Kier alpha value is -4.94. The normalized spacial score (nSPS) is 11.5. The summed E-state index contributed by atoms with van der Waals surface area (Å²) in [6, 6.07) is 28.1. The highest BCUT2D eigenvalue weighted by molar-refractivity contribution is 7.99. The summed E-state index contributed by atoms with van der Waals surface area (Å²) in [6.45, 7) is 0. The summed E-state index contributed by atoms with van der Waals surface area (Å²) in [5.41, 5.74) is 2.18. The van der Waals surface area contributed by atoms with Crippen molar-refractivity contribution in [2.45, 2.75) is 10.1 Å². The smallest absolute Gasteiger partial charge is 0.268 e. The molecule has 2 heterocycles. The second-order valence-electron chi connectivity index (χ2n) is 9.36. The number of hydrogen-bond donors (Lipinski definition) is 1. The summed E-state index contributed by atoms with van der Waals surface area (Å²) in [4.78, 5) is 12.9. The number of ether oxygens (including phenoxy) is 1. The molecular weight excluding hydrogens is 590 g/mol. The van der Waals surface area contributed by atoms with Gasteiger partial charge in [0.15, 0.2) is 11.0 Å². The molecule has 0 aliphatic rings. The number of halogens is 1. The summed E-state index contributed by atoms with van der Waals surface area (Å²) >= 11 is 1.16. The summed E-state index contributed by atoms with van der Waals surface area (Å²) in [5, 5.41) is 12.7.